The van der Waals surface area contributed by atoms with Crippen LogP contribution in [0.3, 0.4) is 0 Å². The van der Waals surface area contributed by atoms with Crippen LogP contribution in [0.1, 0.15) is 16.1 Å². The Balaban J connectivity index is 3.41. The van der Waals surface area contributed by atoms with E-state index in [0.29, 0.717) is 5.69 Å². The van der Waals surface area contributed by atoms with Crippen molar-refractivity contribution < 1.29 is 9.53 Å². The Bertz CT molecular complexity index is 468. The van der Waals surface area contributed by atoms with E-state index in [-0.39, 0.29) is 11.3 Å². The smallest absolute Gasteiger partial charge is 0.338 e. The van der Waals surface area contributed by atoms with Gasteiger partial charge in [-0.15, -0.1) is 0 Å². The van der Waals surface area contributed by atoms with Gasteiger partial charge in [-0.1, -0.05) is 0 Å². The number of hydrogen-bond acceptors (Lipinski definition) is 3. The molecule has 5 nitrogen and oxygen atoms in total. The summed E-state index contributed by atoms with van der Waals surface area (Å²) in [6.07, 6.45) is 0. The molecule has 0 amide bonds. The van der Waals surface area contributed by atoms with E-state index in [2.05, 4.69) is 14.6 Å². The predicted octanol–water partition coefficient (Wildman–Crippen LogP) is 1.02. The molecule has 0 bridgehead atoms. The number of aromatic amines is 1. The van der Waals surface area contributed by atoms with Crippen LogP contribution in [0.2, 0.25) is 0 Å². The molecule has 0 saturated carbocycles. The fourth-order valence-corrected chi connectivity index (χ4v) is 1.02. The Morgan fingerprint density at radius 1 is 1.64 bits per heavy atom. The number of hydrogen-bond donors (Lipinski definition) is 1. The number of carbonyl (C=O) groups is 1. The minimum atomic E-state index is -0.566. The molecule has 0 spiro atoms. The summed E-state index contributed by atoms with van der Waals surface area (Å²) in [6, 6.07) is 1.23. The number of aryl methyl sites for hydroxylation is 1. The molecule has 72 valence electrons. The van der Waals surface area contributed by atoms with Crippen molar-refractivity contribution in [3.05, 3.63) is 39.1 Å². The van der Waals surface area contributed by atoms with Crippen LogP contribution in [-0.4, -0.2) is 18.1 Å². The van der Waals surface area contributed by atoms with E-state index >= 15 is 0 Å². The summed E-state index contributed by atoms with van der Waals surface area (Å²) in [5.41, 5.74) is -0.00602. The first-order valence-electron chi connectivity index (χ1n) is 3.80. The molecule has 0 aliphatic carbocycles. The van der Waals surface area contributed by atoms with Gasteiger partial charge in [0, 0.05) is 5.69 Å². The zero-order chi connectivity index (χ0) is 10.7. The topological polar surface area (TPSA) is 63.5 Å². The second-order valence-electron chi connectivity index (χ2n) is 2.63. The second kappa shape index (κ2) is 3.75. The summed E-state index contributed by atoms with van der Waals surface area (Å²) in [6.45, 7) is 8.27. The van der Waals surface area contributed by atoms with Crippen molar-refractivity contribution >= 4 is 11.7 Å². The summed E-state index contributed by atoms with van der Waals surface area (Å²) in [5, 5.41) is 0. The lowest BCUT2D eigenvalue weighted by Gasteiger charge is -2.03. The number of aromatic nitrogens is 1. The van der Waals surface area contributed by atoms with Crippen LogP contribution in [0.5, 0.6) is 0 Å². The van der Waals surface area contributed by atoms with Crippen LogP contribution in [0, 0.1) is 13.5 Å². The summed E-state index contributed by atoms with van der Waals surface area (Å²) in [7, 11) is 1.24. The molecule has 0 unspecified atom stereocenters. The van der Waals surface area contributed by atoms with Crippen LogP contribution in [0.4, 0.5) is 5.69 Å². The van der Waals surface area contributed by atoms with E-state index < -0.39 is 11.5 Å². The number of nitrogens with one attached hydrogen (secondary N) is 1. The van der Waals surface area contributed by atoms with Gasteiger partial charge in [0.15, 0.2) is 0 Å². The van der Waals surface area contributed by atoms with Crippen molar-refractivity contribution in [2.24, 2.45) is 0 Å². The lowest BCUT2D eigenvalue weighted by Crippen LogP contribution is -2.12. The van der Waals surface area contributed by atoms with Crippen molar-refractivity contribution in [2.45, 2.75) is 6.92 Å². The maximum Gasteiger partial charge on any atom is 0.338 e. The molecule has 0 aliphatic heterocycles. The van der Waals surface area contributed by atoms with Gasteiger partial charge in [-0.25, -0.2) is 9.64 Å². The van der Waals surface area contributed by atoms with Gasteiger partial charge in [-0.2, -0.15) is 0 Å². The summed E-state index contributed by atoms with van der Waals surface area (Å²) in [5.74, 6) is -0.566. The number of carbonyl (C=O) groups excluding carboxylic acids is 1. The number of rotatable bonds is 1. The Morgan fingerprint density at radius 3 is 2.79 bits per heavy atom. The zero-order valence-corrected chi connectivity index (χ0v) is 7.75. The van der Waals surface area contributed by atoms with Gasteiger partial charge < -0.3 is 9.72 Å². The molecule has 0 atom stereocenters. The Kier molecular flexibility index (Phi) is 2.67. The molecule has 0 aromatic carbocycles. The van der Waals surface area contributed by atoms with Gasteiger partial charge in [0.05, 0.1) is 19.2 Å². The van der Waals surface area contributed by atoms with Crippen LogP contribution in [-0.2, 0) is 4.74 Å². The van der Waals surface area contributed by atoms with Gasteiger partial charge in [0.2, 0.25) is 0 Å². The number of esters is 1. The van der Waals surface area contributed by atoms with Gasteiger partial charge in [-0.05, 0) is 13.0 Å². The minimum absolute atomic E-state index is 0.115. The largest absolute Gasteiger partial charge is 0.465 e. The van der Waals surface area contributed by atoms with Crippen LogP contribution >= 0.6 is 0 Å². The van der Waals surface area contributed by atoms with E-state index in [1.165, 1.54) is 13.2 Å². The summed E-state index contributed by atoms with van der Waals surface area (Å²) < 4.78 is 4.49. The number of pyridine rings is 1. The zero-order valence-electron chi connectivity index (χ0n) is 7.75. The van der Waals surface area contributed by atoms with Gasteiger partial charge >= 0.3 is 5.97 Å². The number of methoxy groups -OCH3 is 1. The lowest BCUT2D eigenvalue weighted by molar-refractivity contribution is 0.0599. The van der Waals surface area contributed by atoms with Crippen LogP contribution < -0.4 is 5.56 Å². The second-order valence-corrected chi connectivity index (χ2v) is 2.63. The number of nitrogens with zero attached hydrogens (tertiary/aromatic N) is 1. The molecular weight excluding hydrogens is 184 g/mol. The standard InChI is InChI=1S/C9H8N2O3/c1-5-6(9(13)14-3)4-7(10-2)8(12)11-5/h4H,1,3H3,(H,11,12). The Hall–Kier alpha value is -2.09. The van der Waals surface area contributed by atoms with E-state index in [4.69, 9.17) is 6.57 Å². The molecule has 0 saturated heterocycles. The average Bonchev–Trinajstić information content (AvgIpc) is 2.17. The highest BCUT2D eigenvalue weighted by Crippen LogP contribution is 2.11. The highest BCUT2D eigenvalue weighted by Gasteiger charge is 2.12. The average molecular weight is 192 g/mol. The maximum atomic E-state index is 11.2. The first-order valence-corrected chi connectivity index (χ1v) is 3.80. The van der Waals surface area contributed by atoms with Crippen LogP contribution in [0.25, 0.3) is 4.85 Å². The first kappa shape index (κ1) is 9.99. The van der Waals surface area contributed by atoms with Gasteiger partial charge in [0.1, 0.15) is 0 Å². The molecule has 0 aliphatic rings. The molecule has 0 radical (unpaired) electrons. The monoisotopic (exact) mass is 192 g/mol. The van der Waals surface area contributed by atoms with E-state index in [1.807, 2.05) is 0 Å². The maximum absolute atomic E-state index is 11.2. The SMILES string of the molecule is [C-]#[N+]c1cc(C(=O)OC)c(C)[nH]c1=O. The van der Waals surface area contributed by atoms with Gasteiger partial charge in [-0.3, -0.25) is 4.79 Å². The highest BCUT2D eigenvalue weighted by atomic mass is 16.5. The van der Waals surface area contributed by atoms with Crippen LogP contribution in [0.15, 0.2) is 10.9 Å². The quantitative estimate of drug-likeness (QED) is 0.533. The summed E-state index contributed by atoms with van der Waals surface area (Å²) in [4.78, 5) is 27.7. The predicted molar refractivity (Wildman–Crippen MR) is 49.4 cm³/mol. The third-order valence-electron chi connectivity index (χ3n) is 1.74. The van der Waals surface area contributed by atoms with Crippen molar-refractivity contribution in [2.75, 3.05) is 7.11 Å². The molecule has 1 aromatic rings. The molecule has 1 aromatic heterocycles. The number of ether oxygens (including phenoxy) is 1. The molecule has 1 heterocycles. The number of H-pyrrole nitrogens is 1. The molecule has 5 heteroatoms. The molecule has 14 heavy (non-hydrogen) atoms. The normalized spacial score (nSPS) is 9.21. The molecule has 1 N–H and O–H groups in total. The van der Waals surface area contributed by atoms with Gasteiger partial charge in [0.25, 0.3) is 11.2 Å². The Labute approximate surface area is 80.1 Å². The van der Waals surface area contributed by atoms with Crippen molar-refractivity contribution in [1.82, 2.24) is 4.98 Å². The molecular formula is C9H8N2O3. The van der Waals surface area contributed by atoms with Crippen molar-refractivity contribution in [1.29, 1.82) is 0 Å². The lowest BCUT2D eigenvalue weighted by atomic mass is 10.2. The fourth-order valence-electron chi connectivity index (χ4n) is 1.02. The summed E-state index contributed by atoms with van der Waals surface area (Å²) >= 11 is 0. The third kappa shape index (κ3) is 1.64. The van der Waals surface area contributed by atoms with Crippen molar-refractivity contribution in [3.8, 4) is 0 Å². The fraction of sp³-hybridized carbons (Fsp3) is 0.222. The van der Waals surface area contributed by atoms with E-state index in [1.54, 1.807) is 6.92 Å². The minimum Gasteiger partial charge on any atom is -0.465 e. The van der Waals surface area contributed by atoms with E-state index in [0.717, 1.165) is 0 Å². The molecule has 0 fully saturated rings. The highest BCUT2D eigenvalue weighted by molar-refractivity contribution is 5.91. The first-order chi connectivity index (χ1) is 6.60. The third-order valence-corrected chi connectivity index (χ3v) is 1.74. The van der Waals surface area contributed by atoms with Crippen molar-refractivity contribution in [3.63, 3.8) is 0 Å². The molecule has 1 rings (SSSR count). The Morgan fingerprint density at radius 2 is 2.29 bits per heavy atom. The van der Waals surface area contributed by atoms with E-state index in [9.17, 15) is 9.59 Å².